The summed E-state index contributed by atoms with van der Waals surface area (Å²) in [6, 6.07) is 9.55. The van der Waals surface area contributed by atoms with Crippen molar-refractivity contribution in [2.45, 2.75) is 19.8 Å². The summed E-state index contributed by atoms with van der Waals surface area (Å²) in [5.74, 6) is -0.876. The number of amides is 1. The molecule has 3 nitrogen and oxygen atoms in total. The van der Waals surface area contributed by atoms with E-state index in [1.807, 2.05) is 6.92 Å². The smallest absolute Gasteiger partial charge is 0.224 e. The van der Waals surface area contributed by atoms with Crippen LogP contribution in [0, 0.1) is 12.7 Å². The second kappa shape index (κ2) is 5.13. The Morgan fingerprint density at radius 3 is 2.76 bits per heavy atom. The van der Waals surface area contributed by atoms with Gasteiger partial charge in [0.25, 0.3) is 0 Å². The summed E-state index contributed by atoms with van der Waals surface area (Å²) in [5.41, 5.74) is 3.00. The zero-order chi connectivity index (χ0) is 15.0. The molecule has 0 saturated carbocycles. The van der Waals surface area contributed by atoms with Crippen molar-refractivity contribution in [3.63, 3.8) is 0 Å². The summed E-state index contributed by atoms with van der Waals surface area (Å²) in [6.07, 6.45) is 1.00. The van der Waals surface area contributed by atoms with Gasteiger partial charge in [-0.15, -0.1) is 0 Å². The van der Waals surface area contributed by atoms with Crippen LogP contribution < -0.4 is 5.32 Å². The second-order valence-electron chi connectivity index (χ2n) is 5.23. The van der Waals surface area contributed by atoms with Gasteiger partial charge in [-0.2, -0.15) is 0 Å². The third-order valence-corrected chi connectivity index (χ3v) is 3.63. The van der Waals surface area contributed by atoms with Crippen molar-refractivity contribution in [3.8, 4) is 0 Å². The number of fused-ring (bicyclic) bond motifs is 1. The van der Waals surface area contributed by atoms with Gasteiger partial charge in [-0.25, -0.2) is 4.39 Å². The molecule has 1 heterocycles. The van der Waals surface area contributed by atoms with E-state index in [2.05, 4.69) is 5.32 Å². The molecule has 0 spiro atoms. The number of rotatable bonds is 2. The topological polar surface area (TPSA) is 46.2 Å². The van der Waals surface area contributed by atoms with E-state index < -0.39 is 5.82 Å². The van der Waals surface area contributed by atoms with E-state index in [9.17, 15) is 14.0 Å². The van der Waals surface area contributed by atoms with Crippen molar-refractivity contribution in [3.05, 3.63) is 64.5 Å². The first-order valence-corrected chi connectivity index (χ1v) is 6.78. The van der Waals surface area contributed by atoms with Crippen LogP contribution in [0.5, 0.6) is 0 Å². The molecule has 106 valence electrons. The first kappa shape index (κ1) is 13.5. The highest BCUT2D eigenvalue weighted by Gasteiger charge is 2.19. The summed E-state index contributed by atoms with van der Waals surface area (Å²) in [7, 11) is 0. The number of carbonyl (C=O) groups is 2. The van der Waals surface area contributed by atoms with Crippen LogP contribution in [0.3, 0.4) is 0 Å². The molecular weight excluding hydrogens is 269 g/mol. The van der Waals surface area contributed by atoms with E-state index in [1.54, 1.807) is 30.3 Å². The van der Waals surface area contributed by atoms with Gasteiger partial charge in [-0.1, -0.05) is 11.6 Å². The third-order valence-electron chi connectivity index (χ3n) is 3.63. The Kier molecular flexibility index (Phi) is 3.29. The molecule has 0 fully saturated rings. The van der Waals surface area contributed by atoms with E-state index >= 15 is 0 Å². The number of aryl methyl sites for hydroxylation is 2. The fraction of sp³-hybridized carbons (Fsp3) is 0.176. The molecule has 0 atom stereocenters. The van der Waals surface area contributed by atoms with Crippen LogP contribution in [0.25, 0.3) is 0 Å². The standard InChI is InChI=1S/C17H14FNO2/c1-10-2-5-14(18)13(8-10)17(21)12-3-6-15-11(9-12)4-7-16(20)19-15/h2-3,5-6,8-9H,4,7H2,1H3,(H,19,20). The first-order valence-electron chi connectivity index (χ1n) is 6.78. The second-order valence-corrected chi connectivity index (χ2v) is 5.23. The van der Waals surface area contributed by atoms with E-state index in [4.69, 9.17) is 0 Å². The molecule has 21 heavy (non-hydrogen) atoms. The largest absolute Gasteiger partial charge is 0.326 e. The minimum absolute atomic E-state index is 0.0219. The molecule has 1 N–H and O–H groups in total. The molecule has 0 saturated heterocycles. The van der Waals surface area contributed by atoms with E-state index in [0.717, 1.165) is 16.8 Å². The minimum atomic E-state index is -0.517. The quantitative estimate of drug-likeness (QED) is 0.860. The maximum atomic E-state index is 13.8. The molecule has 2 aromatic carbocycles. The third kappa shape index (κ3) is 2.57. The number of halogens is 1. The van der Waals surface area contributed by atoms with Crippen molar-refractivity contribution in [1.29, 1.82) is 0 Å². The number of benzene rings is 2. The first-order chi connectivity index (χ1) is 10.0. The van der Waals surface area contributed by atoms with Gasteiger partial charge >= 0.3 is 0 Å². The minimum Gasteiger partial charge on any atom is -0.326 e. The Balaban J connectivity index is 1.99. The Bertz CT molecular complexity index is 752. The van der Waals surface area contributed by atoms with Gasteiger partial charge in [-0.3, -0.25) is 9.59 Å². The molecule has 0 unspecified atom stereocenters. The number of carbonyl (C=O) groups excluding carboxylic acids is 2. The van der Waals surface area contributed by atoms with Crippen molar-refractivity contribution in [1.82, 2.24) is 0 Å². The van der Waals surface area contributed by atoms with Crippen LogP contribution >= 0.6 is 0 Å². The monoisotopic (exact) mass is 283 g/mol. The highest BCUT2D eigenvalue weighted by atomic mass is 19.1. The molecule has 3 rings (SSSR count). The molecule has 1 aliphatic heterocycles. The maximum Gasteiger partial charge on any atom is 0.224 e. The summed E-state index contributed by atoms with van der Waals surface area (Å²) in [5, 5.41) is 2.76. The molecular formula is C17H14FNO2. The van der Waals surface area contributed by atoms with Gasteiger partial charge in [0.1, 0.15) is 5.82 Å². The van der Waals surface area contributed by atoms with Crippen LogP contribution in [0.4, 0.5) is 10.1 Å². The predicted octanol–water partition coefficient (Wildman–Crippen LogP) is 3.25. The van der Waals surface area contributed by atoms with Crippen LogP contribution in [0.2, 0.25) is 0 Å². The van der Waals surface area contributed by atoms with E-state index in [1.165, 1.54) is 6.07 Å². The summed E-state index contributed by atoms with van der Waals surface area (Å²) < 4.78 is 13.8. The Morgan fingerprint density at radius 2 is 1.95 bits per heavy atom. The van der Waals surface area contributed by atoms with Gasteiger partial charge in [0.2, 0.25) is 5.91 Å². The fourth-order valence-corrected chi connectivity index (χ4v) is 2.49. The Hall–Kier alpha value is -2.49. The Labute approximate surface area is 121 Å². The van der Waals surface area contributed by atoms with Crippen molar-refractivity contribution in [2.24, 2.45) is 0 Å². The zero-order valence-electron chi connectivity index (χ0n) is 11.6. The van der Waals surface area contributed by atoms with Gasteiger partial charge in [0.05, 0.1) is 5.56 Å². The van der Waals surface area contributed by atoms with Crippen molar-refractivity contribution < 1.29 is 14.0 Å². The molecule has 1 amide bonds. The lowest BCUT2D eigenvalue weighted by molar-refractivity contribution is -0.116. The van der Waals surface area contributed by atoms with Gasteiger partial charge in [-0.05, 0) is 49.2 Å². The van der Waals surface area contributed by atoms with Crippen molar-refractivity contribution >= 4 is 17.4 Å². The molecule has 0 bridgehead atoms. The molecule has 2 aromatic rings. The fourth-order valence-electron chi connectivity index (χ4n) is 2.49. The number of hydrogen-bond acceptors (Lipinski definition) is 2. The lowest BCUT2D eigenvalue weighted by Gasteiger charge is -2.17. The SMILES string of the molecule is Cc1ccc(F)c(C(=O)c2ccc3c(c2)CCC(=O)N3)c1. The highest BCUT2D eigenvalue weighted by Crippen LogP contribution is 2.25. The normalized spacial score (nSPS) is 13.5. The predicted molar refractivity (Wildman–Crippen MR) is 78.0 cm³/mol. The molecule has 4 heteroatoms. The zero-order valence-corrected chi connectivity index (χ0v) is 11.6. The van der Waals surface area contributed by atoms with E-state index in [0.29, 0.717) is 18.4 Å². The van der Waals surface area contributed by atoms with Crippen LogP contribution in [-0.2, 0) is 11.2 Å². The van der Waals surface area contributed by atoms with Crippen LogP contribution in [-0.4, -0.2) is 11.7 Å². The van der Waals surface area contributed by atoms with Crippen molar-refractivity contribution in [2.75, 3.05) is 5.32 Å². The van der Waals surface area contributed by atoms with Gasteiger partial charge in [0.15, 0.2) is 5.78 Å². The summed E-state index contributed by atoms with van der Waals surface area (Å²) in [4.78, 5) is 23.8. The maximum absolute atomic E-state index is 13.8. The molecule has 0 aromatic heterocycles. The Morgan fingerprint density at radius 1 is 1.14 bits per heavy atom. The van der Waals surface area contributed by atoms with E-state index in [-0.39, 0.29) is 17.3 Å². The highest BCUT2D eigenvalue weighted by molar-refractivity contribution is 6.10. The number of anilines is 1. The number of hydrogen-bond donors (Lipinski definition) is 1. The molecule has 0 radical (unpaired) electrons. The van der Waals surface area contributed by atoms with Gasteiger partial charge in [0, 0.05) is 17.7 Å². The average molecular weight is 283 g/mol. The summed E-state index contributed by atoms with van der Waals surface area (Å²) >= 11 is 0. The molecule has 1 aliphatic rings. The van der Waals surface area contributed by atoms with Gasteiger partial charge < -0.3 is 5.32 Å². The van der Waals surface area contributed by atoms with Crippen LogP contribution in [0.1, 0.15) is 33.5 Å². The lowest BCUT2D eigenvalue weighted by atomic mass is 9.95. The van der Waals surface area contributed by atoms with Crippen LogP contribution in [0.15, 0.2) is 36.4 Å². The number of nitrogens with one attached hydrogen (secondary N) is 1. The average Bonchev–Trinajstić information content (AvgIpc) is 2.48. The number of ketones is 1. The summed E-state index contributed by atoms with van der Waals surface area (Å²) in [6.45, 7) is 1.82. The lowest BCUT2D eigenvalue weighted by Crippen LogP contribution is -2.19. The molecule has 0 aliphatic carbocycles.